The molecule has 30 heavy (non-hydrogen) atoms. The Morgan fingerprint density at radius 2 is 1.90 bits per heavy atom. The second-order valence-corrected chi connectivity index (χ2v) is 9.77. The highest BCUT2D eigenvalue weighted by Gasteiger charge is 2.40. The summed E-state index contributed by atoms with van der Waals surface area (Å²) >= 11 is 0. The molecule has 9 heteroatoms. The molecule has 1 N–H and O–H groups in total. The molecule has 1 saturated heterocycles. The predicted molar refractivity (Wildman–Crippen MR) is 123 cm³/mol. The number of nitrogens with one attached hydrogen (secondary N) is 1. The highest BCUT2D eigenvalue weighted by Crippen LogP contribution is 2.30. The third-order valence-corrected chi connectivity index (χ3v) is 7.48. The van der Waals surface area contributed by atoms with E-state index in [1.54, 1.807) is 19.1 Å². The van der Waals surface area contributed by atoms with E-state index in [4.69, 9.17) is 9.15 Å². The molecule has 2 heterocycles. The van der Waals surface area contributed by atoms with Gasteiger partial charge in [-0.05, 0) is 31.4 Å². The number of hydrogen-bond acceptors (Lipinski definition) is 6. The van der Waals surface area contributed by atoms with Crippen LogP contribution in [0.25, 0.3) is 0 Å². The third-order valence-electron chi connectivity index (χ3n) is 5.52. The number of ether oxygens (including phenoxy) is 1. The van der Waals surface area contributed by atoms with E-state index >= 15 is 0 Å². The van der Waals surface area contributed by atoms with E-state index in [0.717, 1.165) is 32.1 Å². The van der Waals surface area contributed by atoms with Gasteiger partial charge in [0.05, 0.1) is 12.4 Å². The Hall–Kier alpha value is -1.32. The van der Waals surface area contributed by atoms with Crippen molar-refractivity contribution < 1.29 is 27.2 Å². The van der Waals surface area contributed by atoms with E-state index in [1.807, 2.05) is 0 Å². The maximum Gasteiger partial charge on any atom is 0.239 e. The second kappa shape index (κ2) is 12.5. The fourth-order valence-corrected chi connectivity index (χ4v) is 5.66. The lowest BCUT2D eigenvalue weighted by Crippen LogP contribution is -2.50. The van der Waals surface area contributed by atoms with Gasteiger partial charge in [-0.2, -0.15) is 13.5 Å². The van der Waals surface area contributed by atoms with Crippen molar-refractivity contribution in [1.82, 2.24) is 5.32 Å². The summed E-state index contributed by atoms with van der Waals surface area (Å²) in [6, 6.07) is 2.42. The smallest absolute Gasteiger partial charge is 0.239 e. The van der Waals surface area contributed by atoms with E-state index in [2.05, 4.69) is 5.32 Å². The number of carbonyl (C=O) groups is 2. The van der Waals surface area contributed by atoms with E-state index < -0.39 is 33.1 Å². The van der Waals surface area contributed by atoms with Crippen LogP contribution in [-0.4, -0.2) is 44.1 Å². The molecule has 7 nitrogen and oxygen atoms in total. The van der Waals surface area contributed by atoms with E-state index in [-0.39, 0.29) is 58.8 Å². The first-order chi connectivity index (χ1) is 12.9. The monoisotopic (exact) mass is 463 g/mol. The Morgan fingerprint density at radius 3 is 2.43 bits per heavy atom. The lowest BCUT2D eigenvalue weighted by atomic mass is 9.86. The van der Waals surface area contributed by atoms with Gasteiger partial charge in [0.1, 0.15) is 29.4 Å². The summed E-state index contributed by atoms with van der Waals surface area (Å²) < 4.78 is 36.4. The van der Waals surface area contributed by atoms with Gasteiger partial charge in [0.2, 0.25) is 5.91 Å². The first-order valence-corrected chi connectivity index (χ1v) is 11.3. The van der Waals surface area contributed by atoms with Gasteiger partial charge in [0, 0.05) is 0 Å². The minimum absolute atomic E-state index is 0. The zero-order valence-corrected chi connectivity index (χ0v) is 17.9. The van der Waals surface area contributed by atoms with Crippen molar-refractivity contribution in [2.24, 2.45) is 5.92 Å². The molecule has 0 unspecified atom stereocenters. The second-order valence-electron chi connectivity index (χ2n) is 7.58. The number of amides is 1. The number of rotatable bonds is 7. The summed E-state index contributed by atoms with van der Waals surface area (Å²) in [4.78, 5) is 24.8. The number of carbonyl (C=O) groups excluding carboxylic acids is 2. The minimum atomic E-state index is -3.78. The fraction of sp³-hybridized carbons (Fsp3) is 0.714. The Morgan fingerprint density at radius 1 is 1.23 bits per heavy atom. The maximum absolute atomic E-state index is 13.0. The quantitative estimate of drug-likeness (QED) is 0.665. The normalized spacial score (nSPS) is 22.9. The summed E-state index contributed by atoms with van der Waals surface area (Å²) in [7, 11) is -3.78. The molecular weight excluding hydrogens is 426 g/mol. The molecule has 174 valence electrons. The van der Waals surface area contributed by atoms with Gasteiger partial charge in [-0.15, -0.1) is 0 Å². The van der Waals surface area contributed by atoms with Crippen LogP contribution in [0.4, 0.5) is 0 Å². The highest BCUT2D eigenvalue weighted by molar-refractivity contribution is 7.92. The molecule has 3 rings (SSSR count). The highest BCUT2D eigenvalue weighted by atomic mass is 32.2. The number of sulfone groups is 1. The average molecular weight is 464 g/mol. The summed E-state index contributed by atoms with van der Waals surface area (Å²) in [6.07, 6.45) is 6.38. The Balaban J connectivity index is 0.00000280. The standard InChI is InChI=1S/C19H27NO6S.2CH4.H2S/c1-13-18(16(21)11-26-13)20-19(22)17(10-14-6-3-2-4-7-14)27(23,24)12-15-8-5-9-25-15;;;/h5,8-9,13-14,17-18H,2-4,6-7,10-12H2,1H3,(H,20,22);2*1H4;1H2/t13-,17-,18+;;;/m1.../s1. The molecule has 2 aliphatic rings. The Labute approximate surface area is 187 Å². The summed E-state index contributed by atoms with van der Waals surface area (Å²) in [5, 5.41) is 1.44. The molecule has 0 radical (unpaired) electrons. The average Bonchev–Trinajstić information content (AvgIpc) is 3.25. The molecule has 1 saturated carbocycles. The zero-order valence-electron chi connectivity index (χ0n) is 16.1. The number of hydrogen-bond donors (Lipinski definition) is 1. The predicted octanol–water partition coefficient (Wildman–Crippen LogP) is 3.39. The molecule has 1 aliphatic heterocycles. The van der Waals surface area contributed by atoms with Crippen LogP contribution in [-0.2, 0) is 29.9 Å². The van der Waals surface area contributed by atoms with Crippen molar-refractivity contribution in [2.45, 2.75) is 83.5 Å². The van der Waals surface area contributed by atoms with Crippen LogP contribution in [0.1, 0.15) is 66.1 Å². The molecule has 0 aromatic carbocycles. The zero-order chi connectivity index (χ0) is 19.4. The van der Waals surface area contributed by atoms with Crippen molar-refractivity contribution in [3.8, 4) is 0 Å². The largest absolute Gasteiger partial charge is 0.468 e. The van der Waals surface area contributed by atoms with Crippen LogP contribution in [0.3, 0.4) is 0 Å². The molecule has 1 aliphatic carbocycles. The maximum atomic E-state index is 13.0. The number of Topliss-reactive ketones (excluding diaryl/α,β-unsaturated/α-hetero) is 1. The Kier molecular flexibility index (Phi) is 12.0. The Bertz CT molecular complexity index is 756. The molecule has 0 bridgehead atoms. The topological polar surface area (TPSA) is 103 Å². The fourth-order valence-electron chi connectivity index (χ4n) is 3.94. The van der Waals surface area contributed by atoms with Crippen LogP contribution < -0.4 is 5.32 Å². The molecule has 0 spiro atoms. The van der Waals surface area contributed by atoms with Crippen molar-refractivity contribution in [2.75, 3.05) is 6.61 Å². The van der Waals surface area contributed by atoms with Gasteiger partial charge in [-0.3, -0.25) is 9.59 Å². The SMILES string of the molecule is C.C.C[C@H]1OCC(=O)[C@H]1NC(=O)[C@@H](CC1CCCCC1)S(=O)(=O)Cc1ccco1.S. The number of ketones is 1. The van der Waals surface area contributed by atoms with Crippen LogP contribution in [0, 0.1) is 5.92 Å². The summed E-state index contributed by atoms with van der Waals surface area (Å²) in [6.45, 7) is 1.64. The van der Waals surface area contributed by atoms with Gasteiger partial charge in [0.25, 0.3) is 0 Å². The van der Waals surface area contributed by atoms with Crippen LogP contribution >= 0.6 is 13.5 Å². The molecule has 2 fully saturated rings. The first-order valence-electron chi connectivity index (χ1n) is 9.55. The van der Waals surface area contributed by atoms with Gasteiger partial charge in [-0.1, -0.05) is 47.0 Å². The molecular formula is C21H37NO6S2. The van der Waals surface area contributed by atoms with E-state index in [0.29, 0.717) is 5.76 Å². The van der Waals surface area contributed by atoms with Crippen molar-refractivity contribution in [3.63, 3.8) is 0 Å². The van der Waals surface area contributed by atoms with Crippen molar-refractivity contribution in [3.05, 3.63) is 24.2 Å². The van der Waals surface area contributed by atoms with Crippen molar-refractivity contribution >= 4 is 35.0 Å². The van der Waals surface area contributed by atoms with Gasteiger partial charge in [-0.25, -0.2) is 8.42 Å². The van der Waals surface area contributed by atoms with Crippen LogP contribution in [0.2, 0.25) is 0 Å². The van der Waals surface area contributed by atoms with Gasteiger partial charge < -0.3 is 14.5 Å². The lowest BCUT2D eigenvalue weighted by Gasteiger charge is -2.27. The van der Waals surface area contributed by atoms with Gasteiger partial charge in [0.15, 0.2) is 15.6 Å². The van der Waals surface area contributed by atoms with Gasteiger partial charge >= 0.3 is 0 Å². The van der Waals surface area contributed by atoms with Crippen LogP contribution in [0.5, 0.6) is 0 Å². The van der Waals surface area contributed by atoms with Crippen molar-refractivity contribution in [1.29, 1.82) is 0 Å². The minimum Gasteiger partial charge on any atom is -0.468 e. The first kappa shape index (κ1) is 28.7. The molecule has 1 aromatic heterocycles. The molecule has 3 atom stereocenters. The summed E-state index contributed by atoms with van der Waals surface area (Å²) in [5.41, 5.74) is 0. The van der Waals surface area contributed by atoms with E-state index in [1.165, 1.54) is 6.26 Å². The third kappa shape index (κ3) is 7.13. The molecule has 1 aromatic rings. The lowest BCUT2D eigenvalue weighted by molar-refractivity contribution is -0.126. The molecule has 1 amide bonds. The van der Waals surface area contributed by atoms with E-state index in [9.17, 15) is 18.0 Å². The summed E-state index contributed by atoms with van der Waals surface area (Å²) in [5.74, 6) is -0.646. The number of furan rings is 1. The van der Waals surface area contributed by atoms with Crippen LogP contribution in [0.15, 0.2) is 22.8 Å².